The normalized spacial score (nSPS) is 17.4. The summed E-state index contributed by atoms with van der Waals surface area (Å²) in [6, 6.07) is 6.38. The summed E-state index contributed by atoms with van der Waals surface area (Å²) in [4.78, 5) is 25.6. The molecule has 0 unspecified atom stereocenters. The zero-order chi connectivity index (χ0) is 29.1. The lowest BCUT2D eigenvalue weighted by Crippen LogP contribution is -2.45. The minimum Gasteiger partial charge on any atom is -0.492 e. The number of piperidine rings is 2. The van der Waals surface area contributed by atoms with Crippen molar-refractivity contribution in [3.05, 3.63) is 28.8 Å². The van der Waals surface area contributed by atoms with Gasteiger partial charge in [0.15, 0.2) is 0 Å². The molecule has 1 aromatic rings. The fourth-order valence-electron chi connectivity index (χ4n) is 4.32. The van der Waals surface area contributed by atoms with Crippen LogP contribution in [0.25, 0.3) is 0 Å². The summed E-state index contributed by atoms with van der Waals surface area (Å²) < 4.78 is 16.0. The maximum atomic E-state index is 11.9. The van der Waals surface area contributed by atoms with Crippen molar-refractivity contribution in [2.24, 2.45) is 0 Å². The highest BCUT2D eigenvalue weighted by Crippen LogP contribution is 2.26. The fraction of sp³-hybridized carbons (Fsp3) is 0.724. The lowest BCUT2D eigenvalue weighted by molar-refractivity contribution is 0.0471. The number of hydrogen-bond donors (Lipinski definition) is 3. The van der Waals surface area contributed by atoms with Gasteiger partial charge in [0.1, 0.15) is 17.0 Å². The quantitative estimate of drug-likeness (QED) is 0.417. The van der Waals surface area contributed by atoms with E-state index in [1.807, 2.05) is 66.7 Å². The average molecular weight is 569 g/mol. The molecule has 222 valence electrons. The molecule has 39 heavy (non-hydrogen) atoms. The van der Waals surface area contributed by atoms with E-state index in [2.05, 4.69) is 20.9 Å². The van der Waals surface area contributed by atoms with Crippen LogP contribution in [-0.4, -0.2) is 73.2 Å². The standard InChI is InChI=1S/C19H29ClN2O3.C10H20N2O2/c1-5-24-17-12-14(6-7-16(17)20)13-22-10-8-15(9-11-22)21-18(23)25-19(2,3)4;1-10(2,3)14-9(13)12-8-4-6-11-7-5-8/h6-7,12,15H,5,8-11,13H2,1-4H3,(H,21,23);8,11H,4-7H2,1-3H3,(H,12,13). The first-order chi connectivity index (χ1) is 18.2. The van der Waals surface area contributed by atoms with Gasteiger partial charge in [-0.1, -0.05) is 17.7 Å². The molecule has 2 amide bonds. The van der Waals surface area contributed by atoms with Crippen LogP contribution in [-0.2, 0) is 16.0 Å². The third-order valence-electron chi connectivity index (χ3n) is 6.07. The number of nitrogens with one attached hydrogen (secondary N) is 3. The van der Waals surface area contributed by atoms with Gasteiger partial charge in [0, 0.05) is 31.7 Å². The Kier molecular flexibility index (Phi) is 13.1. The van der Waals surface area contributed by atoms with Gasteiger partial charge >= 0.3 is 12.2 Å². The number of carbonyl (C=O) groups is 2. The van der Waals surface area contributed by atoms with Crippen LogP contribution in [0.15, 0.2) is 18.2 Å². The molecule has 0 aromatic heterocycles. The summed E-state index contributed by atoms with van der Waals surface area (Å²) in [5.74, 6) is 0.739. The fourth-order valence-corrected chi connectivity index (χ4v) is 4.49. The van der Waals surface area contributed by atoms with Gasteiger partial charge in [-0.3, -0.25) is 4.90 Å². The van der Waals surface area contributed by atoms with Crippen molar-refractivity contribution in [1.29, 1.82) is 0 Å². The third-order valence-corrected chi connectivity index (χ3v) is 6.38. The first kappa shape index (κ1) is 33.0. The predicted octanol–water partition coefficient (Wildman–Crippen LogP) is 5.49. The summed E-state index contributed by atoms with van der Waals surface area (Å²) in [6.07, 6.45) is 3.18. The topological polar surface area (TPSA) is 101 Å². The molecule has 0 radical (unpaired) electrons. The van der Waals surface area contributed by atoms with Gasteiger partial charge in [-0.2, -0.15) is 0 Å². The molecule has 0 atom stereocenters. The van der Waals surface area contributed by atoms with E-state index in [9.17, 15) is 9.59 Å². The highest BCUT2D eigenvalue weighted by atomic mass is 35.5. The Morgan fingerprint density at radius 1 is 0.923 bits per heavy atom. The maximum absolute atomic E-state index is 11.9. The monoisotopic (exact) mass is 568 g/mol. The molecule has 2 aliphatic heterocycles. The summed E-state index contributed by atoms with van der Waals surface area (Å²) in [6.45, 7) is 18.5. The number of hydrogen-bond acceptors (Lipinski definition) is 7. The van der Waals surface area contributed by atoms with Crippen LogP contribution in [0.5, 0.6) is 5.75 Å². The number of likely N-dealkylation sites (tertiary alicyclic amines) is 1. The van der Waals surface area contributed by atoms with Crippen LogP contribution in [0.4, 0.5) is 9.59 Å². The van der Waals surface area contributed by atoms with E-state index in [0.717, 1.165) is 64.2 Å². The Hall–Kier alpha value is -2.23. The largest absolute Gasteiger partial charge is 0.492 e. The van der Waals surface area contributed by atoms with Crippen LogP contribution in [0, 0.1) is 0 Å². The number of alkyl carbamates (subject to hydrolysis) is 2. The Morgan fingerprint density at radius 2 is 1.44 bits per heavy atom. The first-order valence-electron chi connectivity index (χ1n) is 14.1. The second-order valence-electron chi connectivity index (χ2n) is 12.1. The molecule has 2 saturated heterocycles. The van der Waals surface area contributed by atoms with Gasteiger partial charge in [0.2, 0.25) is 0 Å². The van der Waals surface area contributed by atoms with Crippen molar-refractivity contribution in [2.75, 3.05) is 32.8 Å². The molecule has 9 nitrogen and oxygen atoms in total. The molecule has 2 fully saturated rings. The van der Waals surface area contributed by atoms with E-state index < -0.39 is 11.2 Å². The molecular formula is C29H49ClN4O5. The number of benzene rings is 1. The maximum Gasteiger partial charge on any atom is 0.407 e. The van der Waals surface area contributed by atoms with Crippen LogP contribution >= 0.6 is 11.6 Å². The van der Waals surface area contributed by atoms with Crippen molar-refractivity contribution in [2.45, 2.75) is 104 Å². The number of rotatable bonds is 6. The minimum atomic E-state index is -0.461. The van der Waals surface area contributed by atoms with Crippen LogP contribution in [0.1, 0.15) is 79.7 Å². The summed E-state index contributed by atoms with van der Waals surface area (Å²) in [7, 11) is 0. The Labute approximate surface area is 239 Å². The molecule has 3 N–H and O–H groups in total. The van der Waals surface area contributed by atoms with E-state index in [0.29, 0.717) is 11.6 Å². The Balaban J connectivity index is 0.000000322. The van der Waals surface area contributed by atoms with E-state index >= 15 is 0 Å². The molecule has 0 bridgehead atoms. The molecule has 2 aliphatic rings. The van der Waals surface area contributed by atoms with Gasteiger partial charge in [-0.15, -0.1) is 0 Å². The van der Waals surface area contributed by atoms with Gasteiger partial charge in [0.05, 0.1) is 11.6 Å². The Bertz CT molecular complexity index is 902. The molecule has 3 rings (SSSR count). The summed E-state index contributed by atoms with van der Waals surface area (Å²) in [5, 5.41) is 9.73. The van der Waals surface area contributed by atoms with Crippen molar-refractivity contribution in [3.8, 4) is 5.75 Å². The average Bonchev–Trinajstić information content (AvgIpc) is 2.81. The lowest BCUT2D eigenvalue weighted by atomic mass is 10.0. The first-order valence-corrected chi connectivity index (χ1v) is 14.4. The second-order valence-corrected chi connectivity index (χ2v) is 12.5. The number of nitrogens with zero attached hydrogens (tertiary/aromatic N) is 1. The lowest BCUT2D eigenvalue weighted by Gasteiger charge is -2.32. The molecule has 1 aromatic carbocycles. The smallest absolute Gasteiger partial charge is 0.407 e. The predicted molar refractivity (Wildman–Crippen MR) is 156 cm³/mol. The molecule has 2 heterocycles. The second kappa shape index (κ2) is 15.5. The highest BCUT2D eigenvalue weighted by molar-refractivity contribution is 6.32. The molecule has 10 heteroatoms. The van der Waals surface area contributed by atoms with Crippen molar-refractivity contribution >= 4 is 23.8 Å². The zero-order valence-electron chi connectivity index (χ0n) is 24.8. The summed E-state index contributed by atoms with van der Waals surface area (Å²) in [5.41, 5.74) is 0.320. The van der Waals surface area contributed by atoms with Gasteiger partial charge in [-0.05, 0) is 105 Å². The van der Waals surface area contributed by atoms with Gasteiger partial charge in [0.25, 0.3) is 0 Å². The van der Waals surface area contributed by atoms with E-state index in [1.165, 1.54) is 5.56 Å². The number of amides is 2. The zero-order valence-corrected chi connectivity index (χ0v) is 25.6. The van der Waals surface area contributed by atoms with E-state index in [-0.39, 0.29) is 24.3 Å². The van der Waals surface area contributed by atoms with Gasteiger partial charge in [-0.25, -0.2) is 9.59 Å². The van der Waals surface area contributed by atoms with Crippen molar-refractivity contribution < 1.29 is 23.8 Å². The van der Waals surface area contributed by atoms with Crippen molar-refractivity contribution in [3.63, 3.8) is 0 Å². The molecule has 0 aliphatic carbocycles. The number of carbonyl (C=O) groups excluding carboxylic acids is 2. The van der Waals surface area contributed by atoms with E-state index in [1.54, 1.807) is 0 Å². The van der Waals surface area contributed by atoms with Crippen molar-refractivity contribution in [1.82, 2.24) is 20.9 Å². The molecular weight excluding hydrogens is 520 g/mol. The Morgan fingerprint density at radius 3 is 1.92 bits per heavy atom. The van der Waals surface area contributed by atoms with Gasteiger partial charge < -0.3 is 30.2 Å². The van der Waals surface area contributed by atoms with Crippen LogP contribution in [0.3, 0.4) is 0 Å². The number of halogens is 1. The summed E-state index contributed by atoms with van der Waals surface area (Å²) >= 11 is 6.14. The highest BCUT2D eigenvalue weighted by Gasteiger charge is 2.24. The number of ether oxygens (including phenoxy) is 3. The molecule has 0 spiro atoms. The third kappa shape index (κ3) is 14.1. The van der Waals surface area contributed by atoms with Crippen LogP contribution in [0.2, 0.25) is 5.02 Å². The molecule has 0 saturated carbocycles. The van der Waals surface area contributed by atoms with Crippen LogP contribution < -0.4 is 20.7 Å². The van der Waals surface area contributed by atoms with E-state index in [4.69, 9.17) is 25.8 Å². The SMILES string of the molecule is CC(C)(C)OC(=O)NC1CCNCC1.CCOc1cc(CN2CCC(NC(=O)OC(C)(C)C)CC2)ccc1Cl. The minimum absolute atomic E-state index is 0.176.